The van der Waals surface area contributed by atoms with Crippen molar-refractivity contribution < 1.29 is 37.5 Å². The minimum absolute atomic E-state index is 0. The Morgan fingerprint density at radius 3 is 1.45 bits per heavy atom. The number of carbonyl (C=O) groups excluding carboxylic acids is 1. The quantitative estimate of drug-likeness (QED) is 0.544. The Morgan fingerprint density at radius 1 is 0.727 bits per heavy atom. The molecule has 1 amide bonds. The molecule has 2 nitrogen and oxygen atoms in total. The number of aryl methyl sites for hydroxylation is 2. The summed E-state index contributed by atoms with van der Waals surface area (Å²) < 4.78 is 0. The van der Waals surface area contributed by atoms with Crippen molar-refractivity contribution in [2.24, 2.45) is 0 Å². The molecule has 2 aromatic rings. The maximum Gasteiger partial charge on any atom is 0.0692 e. The van der Waals surface area contributed by atoms with Crippen LogP contribution in [0.1, 0.15) is 38.8 Å². The van der Waals surface area contributed by atoms with Gasteiger partial charge in [0.1, 0.15) is 0 Å². The van der Waals surface area contributed by atoms with E-state index < -0.39 is 0 Å². The summed E-state index contributed by atoms with van der Waals surface area (Å²) in [5.74, 6) is 0. The van der Waals surface area contributed by atoms with Crippen molar-refractivity contribution in [1.82, 2.24) is 0 Å². The van der Waals surface area contributed by atoms with Crippen molar-refractivity contribution in [2.45, 2.75) is 41.5 Å². The molecule has 1 radical (unpaired) electrons. The van der Waals surface area contributed by atoms with Gasteiger partial charge in [0.2, 0.25) is 0 Å². The summed E-state index contributed by atoms with van der Waals surface area (Å²) in [6.45, 7) is 12.1. The molecule has 1 N–H and O–H groups in total. The van der Waals surface area contributed by atoms with E-state index in [2.05, 4.69) is 24.4 Å². The van der Waals surface area contributed by atoms with E-state index in [1.165, 1.54) is 11.1 Å². The van der Waals surface area contributed by atoms with Gasteiger partial charge in [-0.25, -0.2) is 0 Å². The first-order valence-electron chi connectivity index (χ1n) is 7.44. The Morgan fingerprint density at radius 2 is 1.14 bits per heavy atom. The molecule has 2 rings (SSSR count). The molecule has 119 valence electrons. The van der Waals surface area contributed by atoms with Gasteiger partial charge < -0.3 is 10.1 Å². The van der Waals surface area contributed by atoms with Crippen LogP contribution in [0.25, 0.3) is 0 Å². The third-order valence-corrected chi connectivity index (χ3v) is 2.19. The SMILES string of the molecule is CC.CC.Cc1ccc(N[C-]=O)cc1.Cc1ccccc1.[Y]. The second-order valence-corrected chi connectivity index (χ2v) is 3.75. The normalized spacial score (nSPS) is 7.36. The molecule has 0 heterocycles. The second-order valence-electron chi connectivity index (χ2n) is 3.75. The van der Waals surface area contributed by atoms with Crippen LogP contribution in [0.5, 0.6) is 0 Å². The average Bonchev–Trinajstić information content (AvgIpc) is 2.55. The van der Waals surface area contributed by atoms with Crippen molar-refractivity contribution in [1.29, 1.82) is 0 Å². The fraction of sp³-hybridized carbons (Fsp3) is 0.316. The summed E-state index contributed by atoms with van der Waals surface area (Å²) in [7, 11) is 0. The van der Waals surface area contributed by atoms with E-state index in [4.69, 9.17) is 0 Å². The van der Waals surface area contributed by atoms with Crippen LogP contribution in [0.3, 0.4) is 0 Å². The topological polar surface area (TPSA) is 29.1 Å². The Labute approximate surface area is 161 Å². The van der Waals surface area contributed by atoms with E-state index in [9.17, 15) is 4.79 Å². The van der Waals surface area contributed by atoms with Crippen LogP contribution in [-0.2, 0) is 37.5 Å². The molecule has 0 fully saturated rings. The molecule has 22 heavy (non-hydrogen) atoms. The van der Waals surface area contributed by atoms with Crippen molar-refractivity contribution >= 4 is 12.1 Å². The van der Waals surface area contributed by atoms with Gasteiger partial charge in [-0.2, -0.15) is 0 Å². The van der Waals surface area contributed by atoms with Crippen LogP contribution in [0, 0.1) is 13.8 Å². The third-order valence-electron chi connectivity index (χ3n) is 2.19. The molecule has 0 aliphatic rings. The molecule has 0 unspecified atom stereocenters. The van der Waals surface area contributed by atoms with Crippen LogP contribution < -0.4 is 5.32 Å². The zero-order valence-corrected chi connectivity index (χ0v) is 17.5. The molecule has 0 aliphatic heterocycles. The first-order chi connectivity index (χ1) is 10.2. The molecule has 0 saturated heterocycles. The second kappa shape index (κ2) is 20.0. The number of hydrogen-bond donors (Lipinski definition) is 1. The van der Waals surface area contributed by atoms with E-state index in [1.807, 2.05) is 77.1 Å². The number of hydrogen-bond acceptors (Lipinski definition) is 1. The summed E-state index contributed by atoms with van der Waals surface area (Å²) in [4.78, 5) is 9.82. The van der Waals surface area contributed by atoms with Gasteiger partial charge in [0, 0.05) is 32.7 Å². The van der Waals surface area contributed by atoms with Gasteiger partial charge in [0.25, 0.3) is 0 Å². The zero-order valence-electron chi connectivity index (χ0n) is 14.7. The van der Waals surface area contributed by atoms with E-state index in [0.29, 0.717) is 0 Å². The fourth-order valence-corrected chi connectivity index (χ4v) is 1.23. The summed E-state index contributed by atoms with van der Waals surface area (Å²) in [5.41, 5.74) is 3.28. The zero-order chi connectivity index (χ0) is 16.5. The first kappa shape index (κ1) is 25.9. The Kier molecular flexibility index (Phi) is 23.6. The molecule has 0 aromatic heterocycles. The molecule has 3 heteroatoms. The molecule has 0 atom stereocenters. The maximum absolute atomic E-state index is 9.82. The molecule has 0 spiro atoms. The first-order valence-corrected chi connectivity index (χ1v) is 7.44. The summed E-state index contributed by atoms with van der Waals surface area (Å²) >= 11 is 0. The molecular weight excluding hydrogens is 347 g/mol. The standard InChI is InChI=1S/C8H8NO.C7H8.2C2H6.Y/c1-7-2-4-8(5-3-7)9-6-10;1-7-5-3-2-4-6-7;2*1-2;/h2-5H,1H3,(H,9,10);2-6H,1H3;2*1-2H3;/q-1;;;;. The van der Waals surface area contributed by atoms with E-state index in [0.717, 1.165) is 5.69 Å². The van der Waals surface area contributed by atoms with Crippen molar-refractivity contribution in [3.63, 3.8) is 0 Å². The molecule has 0 saturated carbocycles. The van der Waals surface area contributed by atoms with E-state index >= 15 is 0 Å². The monoisotopic (exact) mass is 375 g/mol. The van der Waals surface area contributed by atoms with E-state index in [-0.39, 0.29) is 32.7 Å². The summed E-state index contributed by atoms with van der Waals surface area (Å²) in [6, 6.07) is 17.8. The Hall–Kier alpha value is -0.986. The van der Waals surface area contributed by atoms with Crippen molar-refractivity contribution in [3.8, 4) is 0 Å². The van der Waals surface area contributed by atoms with Crippen molar-refractivity contribution in [3.05, 3.63) is 65.7 Å². The van der Waals surface area contributed by atoms with Crippen LogP contribution in [-0.4, -0.2) is 6.41 Å². The minimum Gasteiger partial charge on any atom is -0.490 e. The predicted octanol–water partition coefficient (Wildman–Crippen LogP) is 5.52. The van der Waals surface area contributed by atoms with Gasteiger partial charge in [-0.1, -0.05) is 81.3 Å². The van der Waals surface area contributed by atoms with Crippen LogP contribution >= 0.6 is 0 Å². The molecular formula is C19H28NOY-. The minimum atomic E-state index is 0. The molecule has 0 aliphatic carbocycles. The Bertz CT molecular complexity index is 441. The smallest absolute Gasteiger partial charge is 0.0692 e. The van der Waals surface area contributed by atoms with Gasteiger partial charge in [0.05, 0.1) is 6.41 Å². The van der Waals surface area contributed by atoms with Crippen LogP contribution in [0.15, 0.2) is 54.6 Å². The maximum atomic E-state index is 9.82. The third kappa shape index (κ3) is 15.4. The number of benzene rings is 2. The Balaban J connectivity index is -0.000000266. The number of amides is 1. The van der Waals surface area contributed by atoms with Gasteiger partial charge in [-0.05, 0) is 13.8 Å². The molecule has 2 aromatic carbocycles. The number of anilines is 1. The van der Waals surface area contributed by atoms with Gasteiger partial charge >= 0.3 is 0 Å². The average molecular weight is 375 g/mol. The predicted molar refractivity (Wildman–Crippen MR) is 94.4 cm³/mol. The fourth-order valence-electron chi connectivity index (χ4n) is 1.23. The van der Waals surface area contributed by atoms with Gasteiger partial charge in [0.15, 0.2) is 0 Å². The molecule has 0 bridgehead atoms. The van der Waals surface area contributed by atoms with E-state index in [1.54, 1.807) is 6.41 Å². The van der Waals surface area contributed by atoms with Crippen LogP contribution in [0.2, 0.25) is 0 Å². The number of rotatable bonds is 2. The van der Waals surface area contributed by atoms with Crippen LogP contribution in [0.4, 0.5) is 5.69 Å². The van der Waals surface area contributed by atoms with Gasteiger partial charge in [-0.15, -0.1) is 17.8 Å². The van der Waals surface area contributed by atoms with Crippen molar-refractivity contribution in [2.75, 3.05) is 5.32 Å². The number of nitrogens with one attached hydrogen (secondary N) is 1. The summed E-state index contributed by atoms with van der Waals surface area (Å²) in [5, 5.41) is 2.43. The summed E-state index contributed by atoms with van der Waals surface area (Å²) in [6.07, 6.45) is 1.60. The largest absolute Gasteiger partial charge is 0.490 e. The van der Waals surface area contributed by atoms with Gasteiger partial charge in [-0.3, -0.25) is 0 Å².